The highest BCUT2D eigenvalue weighted by Gasteiger charge is 2.18. The van der Waals surface area contributed by atoms with E-state index in [0.29, 0.717) is 31.1 Å². The highest BCUT2D eigenvalue weighted by atomic mass is 16.5. The molecule has 28 heavy (non-hydrogen) atoms. The summed E-state index contributed by atoms with van der Waals surface area (Å²) in [4.78, 5) is 20.8. The van der Waals surface area contributed by atoms with Crippen LogP contribution in [0.2, 0.25) is 0 Å². The number of anilines is 1. The largest absolute Gasteiger partial charge is 0.382 e. The molecule has 2 heterocycles. The fourth-order valence-corrected chi connectivity index (χ4v) is 3.36. The summed E-state index contributed by atoms with van der Waals surface area (Å²) in [6.45, 7) is 7.66. The van der Waals surface area contributed by atoms with Crippen molar-refractivity contribution in [1.82, 2.24) is 19.9 Å². The van der Waals surface area contributed by atoms with E-state index < -0.39 is 0 Å². The Kier molecular flexibility index (Phi) is 6.46. The molecule has 0 aliphatic heterocycles. The Morgan fingerprint density at radius 1 is 1.32 bits per heavy atom. The van der Waals surface area contributed by atoms with Gasteiger partial charge in [-0.3, -0.25) is 4.79 Å². The molecule has 0 spiro atoms. The number of fused-ring (bicyclic) bond motifs is 3. The summed E-state index contributed by atoms with van der Waals surface area (Å²) in [5, 5.41) is 4.01. The highest BCUT2D eigenvalue weighted by Crippen LogP contribution is 2.30. The van der Waals surface area contributed by atoms with Crippen LogP contribution in [0.4, 0.5) is 5.82 Å². The molecule has 3 rings (SSSR count). The number of hydrogen-bond donors (Lipinski definition) is 2. The molecule has 0 saturated carbocycles. The number of nitrogens with one attached hydrogen (secondary N) is 1. The van der Waals surface area contributed by atoms with E-state index in [1.54, 1.807) is 0 Å². The zero-order valence-corrected chi connectivity index (χ0v) is 16.8. The number of nitrogen functional groups attached to an aromatic ring is 1. The molecule has 3 aromatic rings. The van der Waals surface area contributed by atoms with E-state index in [2.05, 4.69) is 19.9 Å². The van der Waals surface area contributed by atoms with Gasteiger partial charge < -0.3 is 20.4 Å². The molecular formula is C21H29N5O2. The molecule has 3 N–H and O–H groups in total. The van der Waals surface area contributed by atoms with Crippen LogP contribution in [0.1, 0.15) is 39.7 Å². The molecule has 0 radical (unpaired) electrons. The number of rotatable bonds is 9. The first-order chi connectivity index (χ1) is 13.5. The van der Waals surface area contributed by atoms with E-state index in [1.807, 2.05) is 51.4 Å². The molecule has 0 saturated heterocycles. The fourth-order valence-electron chi connectivity index (χ4n) is 3.36. The predicted octanol–water partition coefficient (Wildman–Crippen LogP) is 3.30. The number of ether oxygens (including phenoxy) is 1. The van der Waals surface area contributed by atoms with Crippen molar-refractivity contribution < 1.29 is 9.53 Å². The second-order valence-electron chi connectivity index (χ2n) is 7.26. The molecule has 2 aromatic heterocycles. The summed E-state index contributed by atoms with van der Waals surface area (Å²) in [6, 6.07) is 8.06. The van der Waals surface area contributed by atoms with E-state index in [1.165, 1.54) is 0 Å². The van der Waals surface area contributed by atoms with Crippen LogP contribution in [0.15, 0.2) is 30.6 Å². The van der Waals surface area contributed by atoms with E-state index in [4.69, 9.17) is 10.5 Å². The standard InChI is InChI=1S/C21H29N5O2/c1-4-28-12-15(8-7-11-23-21(27)14(2)3)26-13-24-18-19(26)16-9-5-6-10-17(16)25-20(18)22/h5-6,9-10,13-15H,4,7-8,11-12H2,1-3H3,(H2,22,25)(H,23,27)/t15-/m0/s1. The van der Waals surface area contributed by atoms with Crippen molar-refractivity contribution in [1.29, 1.82) is 0 Å². The summed E-state index contributed by atoms with van der Waals surface area (Å²) in [6.07, 6.45) is 3.54. The van der Waals surface area contributed by atoms with Crippen LogP contribution in [0, 0.1) is 5.92 Å². The Labute approximate surface area is 165 Å². The average molecular weight is 383 g/mol. The molecule has 150 valence electrons. The second kappa shape index (κ2) is 9.01. The summed E-state index contributed by atoms with van der Waals surface area (Å²) >= 11 is 0. The first kappa shape index (κ1) is 20.1. The smallest absolute Gasteiger partial charge is 0.222 e. The average Bonchev–Trinajstić information content (AvgIpc) is 3.13. The van der Waals surface area contributed by atoms with Crippen LogP contribution in [0.25, 0.3) is 21.9 Å². The summed E-state index contributed by atoms with van der Waals surface area (Å²) in [5.74, 6) is 0.518. The lowest BCUT2D eigenvalue weighted by molar-refractivity contribution is -0.123. The van der Waals surface area contributed by atoms with Gasteiger partial charge in [0.25, 0.3) is 0 Å². The Bertz CT molecular complexity index is 951. The normalized spacial score (nSPS) is 12.7. The van der Waals surface area contributed by atoms with Gasteiger partial charge in [-0.25, -0.2) is 9.97 Å². The molecule has 0 unspecified atom stereocenters. The number of amides is 1. The number of nitrogens with two attached hydrogens (primary N) is 1. The Morgan fingerprint density at radius 3 is 2.86 bits per heavy atom. The van der Waals surface area contributed by atoms with Gasteiger partial charge in [-0.15, -0.1) is 0 Å². The lowest BCUT2D eigenvalue weighted by atomic mass is 10.1. The Balaban J connectivity index is 1.88. The summed E-state index contributed by atoms with van der Waals surface area (Å²) in [7, 11) is 0. The zero-order chi connectivity index (χ0) is 20.1. The second-order valence-corrected chi connectivity index (χ2v) is 7.26. The van der Waals surface area contributed by atoms with Gasteiger partial charge in [0, 0.05) is 24.5 Å². The Morgan fingerprint density at radius 2 is 2.11 bits per heavy atom. The van der Waals surface area contributed by atoms with Crippen LogP contribution < -0.4 is 11.1 Å². The van der Waals surface area contributed by atoms with Crippen LogP contribution in [-0.4, -0.2) is 40.2 Å². The Hall–Kier alpha value is -2.67. The molecule has 1 aromatic carbocycles. The lowest BCUT2D eigenvalue weighted by Crippen LogP contribution is -2.29. The van der Waals surface area contributed by atoms with Gasteiger partial charge in [0.1, 0.15) is 5.52 Å². The molecule has 7 nitrogen and oxygen atoms in total. The minimum atomic E-state index is -0.00125. The van der Waals surface area contributed by atoms with Gasteiger partial charge in [-0.2, -0.15) is 0 Å². The van der Waals surface area contributed by atoms with Crippen LogP contribution >= 0.6 is 0 Å². The molecular weight excluding hydrogens is 354 g/mol. The fraction of sp³-hybridized carbons (Fsp3) is 0.476. The third-order valence-corrected chi connectivity index (χ3v) is 4.88. The molecule has 1 amide bonds. The van der Waals surface area contributed by atoms with Gasteiger partial charge in [-0.05, 0) is 25.8 Å². The van der Waals surface area contributed by atoms with Crippen molar-refractivity contribution in [3.63, 3.8) is 0 Å². The number of imidazole rings is 1. The third-order valence-electron chi connectivity index (χ3n) is 4.88. The lowest BCUT2D eigenvalue weighted by Gasteiger charge is -2.20. The number of para-hydroxylation sites is 1. The summed E-state index contributed by atoms with van der Waals surface area (Å²) in [5.41, 5.74) is 8.71. The minimum Gasteiger partial charge on any atom is -0.382 e. The van der Waals surface area contributed by atoms with Crippen molar-refractivity contribution in [2.75, 3.05) is 25.5 Å². The maximum Gasteiger partial charge on any atom is 0.222 e. The zero-order valence-electron chi connectivity index (χ0n) is 16.8. The molecule has 0 fully saturated rings. The third kappa shape index (κ3) is 4.25. The van der Waals surface area contributed by atoms with Crippen LogP contribution in [0.5, 0.6) is 0 Å². The minimum absolute atomic E-state index is 0.00125. The van der Waals surface area contributed by atoms with Gasteiger partial charge in [0.05, 0.1) is 30.0 Å². The summed E-state index contributed by atoms with van der Waals surface area (Å²) < 4.78 is 7.89. The number of carbonyl (C=O) groups is 1. The molecule has 0 aliphatic rings. The topological polar surface area (TPSA) is 95.1 Å². The quantitative estimate of drug-likeness (QED) is 0.553. The maximum absolute atomic E-state index is 11.8. The van der Waals surface area contributed by atoms with E-state index in [0.717, 1.165) is 29.3 Å². The maximum atomic E-state index is 11.8. The molecule has 0 bridgehead atoms. The van der Waals surface area contributed by atoms with Gasteiger partial charge in [0.2, 0.25) is 5.91 Å². The van der Waals surface area contributed by atoms with Crippen LogP contribution in [-0.2, 0) is 9.53 Å². The highest BCUT2D eigenvalue weighted by molar-refractivity contribution is 6.06. The van der Waals surface area contributed by atoms with Crippen molar-refractivity contribution in [2.24, 2.45) is 5.92 Å². The van der Waals surface area contributed by atoms with Crippen molar-refractivity contribution >= 4 is 33.7 Å². The number of benzene rings is 1. The monoisotopic (exact) mass is 383 g/mol. The molecule has 1 atom stereocenters. The van der Waals surface area contributed by atoms with E-state index in [-0.39, 0.29) is 17.9 Å². The van der Waals surface area contributed by atoms with Gasteiger partial charge >= 0.3 is 0 Å². The predicted molar refractivity (Wildman–Crippen MR) is 112 cm³/mol. The molecule has 0 aliphatic carbocycles. The van der Waals surface area contributed by atoms with Crippen LogP contribution in [0.3, 0.4) is 0 Å². The van der Waals surface area contributed by atoms with Gasteiger partial charge in [0.15, 0.2) is 5.82 Å². The number of carbonyl (C=O) groups excluding carboxylic acids is 1. The number of hydrogen-bond acceptors (Lipinski definition) is 5. The molecule has 7 heteroatoms. The van der Waals surface area contributed by atoms with Crippen molar-refractivity contribution in [2.45, 2.75) is 39.7 Å². The van der Waals surface area contributed by atoms with Crippen molar-refractivity contribution in [3.8, 4) is 0 Å². The first-order valence-electron chi connectivity index (χ1n) is 9.89. The van der Waals surface area contributed by atoms with Gasteiger partial charge in [-0.1, -0.05) is 32.0 Å². The number of nitrogens with zero attached hydrogens (tertiary/aromatic N) is 3. The SMILES string of the molecule is CCOC[C@H](CCCNC(=O)C(C)C)n1cnc2c(N)nc3ccccc3c21. The first-order valence-corrected chi connectivity index (χ1v) is 9.89. The van der Waals surface area contributed by atoms with E-state index in [9.17, 15) is 4.79 Å². The number of pyridine rings is 1. The van der Waals surface area contributed by atoms with Crippen molar-refractivity contribution in [3.05, 3.63) is 30.6 Å². The van der Waals surface area contributed by atoms with E-state index >= 15 is 0 Å². The number of aromatic nitrogens is 3.